The summed E-state index contributed by atoms with van der Waals surface area (Å²) in [5.74, 6) is 3.94. The highest BCUT2D eigenvalue weighted by atomic mass is 16.3. The number of ketones is 1. The molecule has 0 aromatic heterocycles. The van der Waals surface area contributed by atoms with E-state index < -0.39 is 5.60 Å². The Balaban J connectivity index is 1.72. The Morgan fingerprint density at radius 3 is 2.74 bits per heavy atom. The number of carbonyl (C=O) groups excluding carboxylic acids is 1. The number of rotatable bonds is 1. The van der Waals surface area contributed by atoms with Crippen molar-refractivity contribution < 1.29 is 9.90 Å². The second-order valence-electron chi connectivity index (χ2n) is 9.32. The number of allylic oxidation sites excluding steroid dienone is 1. The summed E-state index contributed by atoms with van der Waals surface area (Å²) in [6.45, 7) is 6.80. The van der Waals surface area contributed by atoms with Crippen LogP contribution in [0.5, 0.6) is 0 Å². The lowest BCUT2D eigenvalue weighted by Gasteiger charge is -2.58. The van der Waals surface area contributed by atoms with Crippen LogP contribution in [0.3, 0.4) is 0 Å². The molecule has 23 heavy (non-hydrogen) atoms. The van der Waals surface area contributed by atoms with Crippen molar-refractivity contribution in [3.05, 3.63) is 11.6 Å². The zero-order valence-electron chi connectivity index (χ0n) is 15.0. The lowest BCUT2D eigenvalue weighted by Crippen LogP contribution is -2.54. The lowest BCUT2D eigenvalue weighted by molar-refractivity contribution is -0.131. The topological polar surface area (TPSA) is 37.3 Å². The third kappa shape index (κ3) is 2.13. The van der Waals surface area contributed by atoms with E-state index in [1.54, 1.807) is 0 Å². The van der Waals surface area contributed by atoms with Gasteiger partial charge in [-0.3, -0.25) is 4.79 Å². The van der Waals surface area contributed by atoms with Crippen molar-refractivity contribution in [2.75, 3.05) is 0 Å². The quantitative estimate of drug-likeness (QED) is 0.772. The van der Waals surface area contributed by atoms with Gasteiger partial charge in [-0.1, -0.05) is 25.8 Å². The first-order chi connectivity index (χ1) is 10.9. The number of carbonyl (C=O) groups is 1. The summed E-state index contributed by atoms with van der Waals surface area (Å²) in [4.78, 5) is 11.8. The van der Waals surface area contributed by atoms with E-state index in [0.717, 1.165) is 37.5 Å². The summed E-state index contributed by atoms with van der Waals surface area (Å²) in [6.07, 6.45) is 10.8. The molecule has 4 aliphatic carbocycles. The number of hydrogen-bond acceptors (Lipinski definition) is 2. The van der Waals surface area contributed by atoms with Crippen LogP contribution < -0.4 is 0 Å². The minimum atomic E-state index is -0.491. The fourth-order valence-corrected chi connectivity index (χ4v) is 7.13. The summed E-state index contributed by atoms with van der Waals surface area (Å²) in [6, 6.07) is 0. The predicted octanol–water partition coefficient (Wildman–Crippen LogP) is 4.52. The van der Waals surface area contributed by atoms with E-state index in [-0.39, 0.29) is 5.41 Å². The summed E-state index contributed by atoms with van der Waals surface area (Å²) >= 11 is 0. The van der Waals surface area contributed by atoms with Gasteiger partial charge in [0.15, 0.2) is 5.78 Å². The smallest absolute Gasteiger partial charge is 0.155 e. The Morgan fingerprint density at radius 2 is 2.00 bits per heavy atom. The first-order valence-electron chi connectivity index (χ1n) is 9.83. The van der Waals surface area contributed by atoms with Gasteiger partial charge < -0.3 is 5.11 Å². The summed E-state index contributed by atoms with van der Waals surface area (Å²) in [5.41, 5.74) is 1.07. The van der Waals surface area contributed by atoms with Crippen molar-refractivity contribution in [3.8, 4) is 0 Å². The lowest BCUT2D eigenvalue weighted by atomic mass is 9.47. The Hall–Kier alpha value is -0.630. The molecule has 0 saturated heterocycles. The number of hydrogen-bond donors (Lipinski definition) is 1. The molecule has 4 rings (SSSR count). The SMILES string of the molecule is CCC1CC2(C)C(CC[C@]2(C)O)C2CCC3=CC(=O)CCC3C12. The second kappa shape index (κ2) is 5.18. The molecular formula is C21H32O2. The van der Waals surface area contributed by atoms with Crippen LogP contribution in [0.2, 0.25) is 0 Å². The van der Waals surface area contributed by atoms with Gasteiger partial charge in [-0.15, -0.1) is 0 Å². The van der Waals surface area contributed by atoms with E-state index >= 15 is 0 Å². The van der Waals surface area contributed by atoms with E-state index in [1.165, 1.54) is 31.3 Å². The van der Waals surface area contributed by atoms with Crippen molar-refractivity contribution in [3.63, 3.8) is 0 Å². The van der Waals surface area contributed by atoms with Gasteiger partial charge in [0.1, 0.15) is 0 Å². The van der Waals surface area contributed by atoms with Crippen LogP contribution in [0.15, 0.2) is 11.6 Å². The highest BCUT2D eigenvalue weighted by molar-refractivity contribution is 5.91. The van der Waals surface area contributed by atoms with Crippen LogP contribution in [-0.4, -0.2) is 16.5 Å². The van der Waals surface area contributed by atoms with Gasteiger partial charge in [-0.05, 0) is 86.5 Å². The van der Waals surface area contributed by atoms with Gasteiger partial charge in [-0.2, -0.15) is 0 Å². The first-order valence-corrected chi connectivity index (χ1v) is 9.83. The second-order valence-corrected chi connectivity index (χ2v) is 9.32. The molecule has 128 valence electrons. The van der Waals surface area contributed by atoms with Crippen LogP contribution >= 0.6 is 0 Å². The van der Waals surface area contributed by atoms with Gasteiger partial charge in [0.2, 0.25) is 0 Å². The third-order valence-electron chi connectivity index (χ3n) is 8.51. The molecule has 1 N–H and O–H groups in total. The van der Waals surface area contributed by atoms with E-state index in [0.29, 0.717) is 23.5 Å². The van der Waals surface area contributed by atoms with Crippen LogP contribution in [-0.2, 0) is 4.79 Å². The maximum atomic E-state index is 11.8. The van der Waals surface area contributed by atoms with Crippen molar-refractivity contribution in [2.24, 2.45) is 35.0 Å². The molecular weight excluding hydrogens is 284 g/mol. The van der Waals surface area contributed by atoms with E-state index in [1.807, 2.05) is 6.08 Å². The van der Waals surface area contributed by atoms with E-state index in [9.17, 15) is 9.90 Å². The fraction of sp³-hybridized carbons (Fsp3) is 0.857. The molecule has 0 aromatic carbocycles. The maximum absolute atomic E-state index is 11.8. The minimum Gasteiger partial charge on any atom is -0.390 e. The van der Waals surface area contributed by atoms with Crippen molar-refractivity contribution >= 4 is 5.78 Å². The Morgan fingerprint density at radius 1 is 1.22 bits per heavy atom. The molecule has 2 nitrogen and oxygen atoms in total. The highest BCUT2D eigenvalue weighted by Crippen LogP contribution is 2.66. The monoisotopic (exact) mass is 316 g/mol. The van der Waals surface area contributed by atoms with Crippen LogP contribution in [0.25, 0.3) is 0 Å². The first kappa shape index (κ1) is 15.9. The number of fused-ring (bicyclic) bond motifs is 5. The molecule has 4 aliphatic rings. The van der Waals surface area contributed by atoms with Gasteiger partial charge in [0, 0.05) is 6.42 Å². The molecule has 0 amide bonds. The molecule has 3 fully saturated rings. The molecule has 3 saturated carbocycles. The molecule has 6 unspecified atom stereocenters. The molecule has 0 radical (unpaired) electrons. The van der Waals surface area contributed by atoms with Crippen molar-refractivity contribution in [1.29, 1.82) is 0 Å². The standard InChI is InChI=1S/C21H32O2/c1-4-13-12-20(2)18(9-10-21(20,3)23)17-7-5-14-11-15(22)6-8-16(14)19(13)17/h11,13,16-19,23H,4-10,12H2,1-3H3/t13?,16?,17?,18?,19?,20?,21-/m0/s1. The number of aliphatic hydroxyl groups is 1. The van der Waals surface area contributed by atoms with Crippen LogP contribution in [0, 0.1) is 35.0 Å². The van der Waals surface area contributed by atoms with Gasteiger partial charge >= 0.3 is 0 Å². The minimum absolute atomic E-state index is 0.0978. The highest BCUT2D eigenvalue weighted by Gasteiger charge is 2.62. The molecule has 0 heterocycles. The van der Waals surface area contributed by atoms with E-state index in [2.05, 4.69) is 20.8 Å². The molecule has 0 spiro atoms. The summed E-state index contributed by atoms with van der Waals surface area (Å²) in [5, 5.41) is 11.1. The third-order valence-corrected chi connectivity index (χ3v) is 8.51. The van der Waals surface area contributed by atoms with Gasteiger partial charge in [0.05, 0.1) is 5.60 Å². The van der Waals surface area contributed by atoms with Gasteiger partial charge in [0.25, 0.3) is 0 Å². The zero-order valence-corrected chi connectivity index (χ0v) is 15.0. The van der Waals surface area contributed by atoms with Crippen molar-refractivity contribution in [2.45, 2.75) is 77.7 Å². The largest absolute Gasteiger partial charge is 0.390 e. The van der Waals surface area contributed by atoms with E-state index in [4.69, 9.17) is 0 Å². The van der Waals surface area contributed by atoms with Crippen LogP contribution in [0.4, 0.5) is 0 Å². The fourth-order valence-electron chi connectivity index (χ4n) is 7.13. The average molecular weight is 316 g/mol. The maximum Gasteiger partial charge on any atom is 0.155 e. The molecule has 0 aromatic rings. The molecule has 0 aliphatic heterocycles. The summed E-state index contributed by atoms with van der Waals surface area (Å²) < 4.78 is 0. The van der Waals surface area contributed by atoms with Crippen LogP contribution in [0.1, 0.15) is 72.1 Å². The summed E-state index contributed by atoms with van der Waals surface area (Å²) in [7, 11) is 0. The molecule has 2 heteroatoms. The Labute approximate surface area is 140 Å². The Kier molecular flexibility index (Phi) is 3.58. The van der Waals surface area contributed by atoms with Crippen molar-refractivity contribution in [1.82, 2.24) is 0 Å². The van der Waals surface area contributed by atoms with Gasteiger partial charge in [-0.25, -0.2) is 0 Å². The Bertz CT molecular complexity index is 546. The normalized spacial score (nSPS) is 52.4. The predicted molar refractivity (Wildman–Crippen MR) is 91.9 cm³/mol. The zero-order chi connectivity index (χ0) is 16.4. The molecule has 7 atom stereocenters. The average Bonchev–Trinajstić information content (AvgIpc) is 2.76. The molecule has 0 bridgehead atoms.